The molecule has 0 amide bonds. The number of hydrogen-bond acceptors (Lipinski definition) is 11. The zero-order valence-electron chi connectivity index (χ0n) is 29.9. The Labute approximate surface area is 304 Å². The van der Waals surface area contributed by atoms with Gasteiger partial charge in [0.15, 0.2) is 9.84 Å². The summed E-state index contributed by atoms with van der Waals surface area (Å²) in [5, 5.41) is 37.8. The molecular formula is C40H48N2O9S. The number of para-hydroxylation sites is 1. The fraction of sp³-hybridized carbons (Fsp3) is 0.600. The van der Waals surface area contributed by atoms with Gasteiger partial charge in [0.05, 0.1) is 33.9 Å². The van der Waals surface area contributed by atoms with Gasteiger partial charge >= 0.3 is 5.97 Å². The standard InChI is InChI=1S/C40H48N2O9S/c1-4-42-22-37(51-36(44)26-12-6-5-9-24(26)21-52(47,48)30-13-7-10-23-11-8-16-41-33(23)30)15-14-25(20-43)39-31(37)18-28(34(39)42)38(45)19-29(49-2)27-17-32(39)40(38,46)35(27)50-3/h5-13,16,25,27-29,31-32,34-35,43,45-46H,4,14-15,17-22H2,1-3H3/t25-,27-,28+,29+,31?,32?,34?,35+,37-,38+,39+,40+/m1/s1. The van der Waals surface area contributed by atoms with E-state index in [1.54, 1.807) is 62.9 Å². The van der Waals surface area contributed by atoms with Crippen LogP contribution < -0.4 is 0 Å². The molecule has 52 heavy (non-hydrogen) atoms. The molecule has 11 nitrogen and oxygen atoms in total. The summed E-state index contributed by atoms with van der Waals surface area (Å²) >= 11 is 0. The highest BCUT2D eigenvalue weighted by molar-refractivity contribution is 7.90. The lowest BCUT2D eigenvalue weighted by molar-refractivity contribution is -0.333. The van der Waals surface area contributed by atoms with Gasteiger partial charge in [-0.2, -0.15) is 0 Å². The first-order valence-corrected chi connectivity index (χ1v) is 20.3. The molecule has 278 valence electrons. The van der Waals surface area contributed by atoms with Crippen LogP contribution in [0.5, 0.6) is 0 Å². The van der Waals surface area contributed by atoms with Crippen LogP contribution in [-0.4, -0.2) is 109 Å². The van der Waals surface area contributed by atoms with Gasteiger partial charge in [-0.1, -0.05) is 43.3 Å². The van der Waals surface area contributed by atoms with Crippen molar-refractivity contribution >= 4 is 26.7 Å². The van der Waals surface area contributed by atoms with E-state index < -0.39 is 55.8 Å². The van der Waals surface area contributed by atoms with E-state index >= 15 is 0 Å². The van der Waals surface area contributed by atoms with E-state index in [2.05, 4.69) is 16.8 Å². The summed E-state index contributed by atoms with van der Waals surface area (Å²) < 4.78 is 46.8. The van der Waals surface area contributed by atoms with Gasteiger partial charge in [-0.15, -0.1) is 0 Å². The third kappa shape index (κ3) is 4.20. The molecule has 3 aromatic rings. The molecule has 1 spiro atoms. The molecule has 5 aliphatic carbocycles. The molecule has 1 saturated heterocycles. The van der Waals surface area contributed by atoms with Gasteiger partial charge in [0, 0.05) is 80.5 Å². The van der Waals surface area contributed by atoms with Gasteiger partial charge in [-0.25, -0.2) is 13.2 Å². The van der Waals surface area contributed by atoms with E-state index in [0.717, 1.165) is 0 Å². The quantitative estimate of drug-likeness (QED) is 0.278. The summed E-state index contributed by atoms with van der Waals surface area (Å²) in [4.78, 5) is 21.4. The number of likely N-dealkylation sites (N-methyl/N-ethyl adjacent to an activating group) is 1. The van der Waals surface area contributed by atoms with Crippen molar-refractivity contribution in [3.05, 3.63) is 71.9 Å². The van der Waals surface area contributed by atoms with Gasteiger partial charge in [0.1, 0.15) is 16.8 Å². The Kier molecular flexibility index (Phi) is 7.87. The van der Waals surface area contributed by atoms with Crippen molar-refractivity contribution in [2.24, 2.45) is 35.0 Å². The van der Waals surface area contributed by atoms with Gasteiger partial charge in [-0.05, 0) is 61.9 Å². The van der Waals surface area contributed by atoms with E-state index in [1.807, 2.05) is 12.1 Å². The van der Waals surface area contributed by atoms with E-state index in [4.69, 9.17) is 14.2 Å². The molecule has 3 N–H and O–H groups in total. The summed E-state index contributed by atoms with van der Waals surface area (Å²) in [6, 6.07) is 15.2. The molecule has 5 saturated carbocycles. The number of esters is 1. The largest absolute Gasteiger partial charge is 0.454 e. The van der Waals surface area contributed by atoms with Crippen molar-refractivity contribution in [2.75, 3.05) is 33.9 Å². The maximum atomic E-state index is 14.6. The lowest BCUT2D eigenvalue weighted by atomic mass is 9.42. The van der Waals surface area contributed by atoms with Gasteiger partial charge in [-0.3, -0.25) is 9.88 Å². The van der Waals surface area contributed by atoms with Crippen LogP contribution in [0.25, 0.3) is 10.9 Å². The number of rotatable bonds is 9. The Hall–Kier alpha value is -2.97. The number of piperidine rings is 1. The number of nitrogens with zero attached hydrogens (tertiary/aromatic N) is 2. The molecule has 7 bridgehead atoms. The van der Waals surface area contributed by atoms with Crippen molar-refractivity contribution < 1.29 is 42.7 Å². The second-order valence-electron chi connectivity index (χ2n) is 16.4. The number of methoxy groups -OCH3 is 2. The number of hydrogen-bond donors (Lipinski definition) is 3. The monoisotopic (exact) mass is 732 g/mol. The Bertz CT molecular complexity index is 2040. The van der Waals surface area contributed by atoms with Crippen molar-refractivity contribution in [1.29, 1.82) is 0 Å². The molecule has 6 aliphatic rings. The molecule has 1 aromatic heterocycles. The van der Waals surface area contributed by atoms with Crippen molar-refractivity contribution in [3.8, 4) is 0 Å². The highest BCUT2D eigenvalue weighted by atomic mass is 32.2. The fourth-order valence-corrected chi connectivity index (χ4v) is 14.8. The van der Waals surface area contributed by atoms with E-state index in [9.17, 15) is 28.5 Å². The minimum absolute atomic E-state index is 0.0773. The second-order valence-corrected chi connectivity index (χ2v) is 18.3. The zero-order valence-corrected chi connectivity index (χ0v) is 30.7. The summed E-state index contributed by atoms with van der Waals surface area (Å²) in [6.07, 6.45) is 3.10. The van der Waals surface area contributed by atoms with Crippen LogP contribution in [0.15, 0.2) is 65.7 Å². The van der Waals surface area contributed by atoms with Crippen LogP contribution in [0, 0.1) is 35.0 Å². The first kappa shape index (κ1) is 34.8. The molecule has 2 heterocycles. The maximum absolute atomic E-state index is 14.6. The van der Waals surface area contributed by atoms with Crippen LogP contribution in [0.2, 0.25) is 0 Å². The van der Waals surface area contributed by atoms with Crippen LogP contribution >= 0.6 is 0 Å². The summed E-state index contributed by atoms with van der Waals surface area (Å²) in [5.41, 5.74) is -3.81. The van der Waals surface area contributed by atoms with Gasteiger partial charge in [0.25, 0.3) is 0 Å². The molecule has 6 fully saturated rings. The highest BCUT2D eigenvalue weighted by Crippen LogP contribution is 2.80. The number of likely N-dealkylation sites (tertiary alicyclic amines) is 1. The molecule has 12 atom stereocenters. The average molecular weight is 733 g/mol. The first-order valence-electron chi connectivity index (χ1n) is 18.7. The summed E-state index contributed by atoms with van der Waals surface area (Å²) in [7, 11) is -0.670. The number of carbonyl (C=O) groups excluding carboxylic acids is 1. The SMILES string of the molecule is CCN1C[C@]2(OC(=O)c3ccccc3CS(=O)(=O)c3cccc4cccnc34)CC[C@H](CO)[C@]34C1[C@H](CC23)[C@@]1(O)C[C@H](OC)[C@H]2CC4[C@]1(O)[C@H]2OC. The third-order valence-electron chi connectivity index (χ3n) is 14.9. The minimum atomic E-state index is -3.92. The van der Waals surface area contributed by atoms with E-state index in [1.165, 1.54) is 0 Å². The molecule has 9 rings (SSSR count). The molecular weight excluding hydrogens is 685 g/mol. The average Bonchev–Trinajstić information content (AvgIpc) is 3.57. The number of benzene rings is 2. The number of aliphatic hydroxyl groups excluding tert-OH is 1. The number of fused-ring (bicyclic) bond motifs is 3. The molecule has 3 unspecified atom stereocenters. The number of aliphatic hydroxyl groups is 3. The number of carbonyl (C=O) groups is 1. The predicted octanol–water partition coefficient (Wildman–Crippen LogP) is 3.38. The minimum Gasteiger partial charge on any atom is -0.454 e. The van der Waals surface area contributed by atoms with Crippen molar-refractivity contribution in [3.63, 3.8) is 0 Å². The van der Waals surface area contributed by atoms with Gasteiger partial charge < -0.3 is 29.5 Å². The highest BCUT2D eigenvalue weighted by Gasteiger charge is 2.88. The third-order valence-corrected chi connectivity index (χ3v) is 16.6. The smallest absolute Gasteiger partial charge is 0.339 e. The Morgan fingerprint density at radius 2 is 1.81 bits per heavy atom. The molecule has 1 aliphatic heterocycles. The Morgan fingerprint density at radius 1 is 1.02 bits per heavy atom. The Balaban J connectivity index is 1.12. The summed E-state index contributed by atoms with van der Waals surface area (Å²) in [5.74, 6) is -2.36. The van der Waals surface area contributed by atoms with Crippen LogP contribution in [0.4, 0.5) is 0 Å². The van der Waals surface area contributed by atoms with Crippen LogP contribution in [0.1, 0.15) is 54.9 Å². The first-order chi connectivity index (χ1) is 24.9. The molecule has 0 radical (unpaired) electrons. The normalized spacial score (nSPS) is 41.7. The fourth-order valence-electron chi connectivity index (χ4n) is 13.2. The van der Waals surface area contributed by atoms with Crippen molar-refractivity contribution in [2.45, 2.75) is 84.7 Å². The predicted molar refractivity (Wildman–Crippen MR) is 190 cm³/mol. The van der Waals surface area contributed by atoms with E-state index in [-0.39, 0.29) is 59.3 Å². The van der Waals surface area contributed by atoms with E-state index in [0.29, 0.717) is 55.2 Å². The number of pyridine rings is 1. The second kappa shape index (κ2) is 11.8. The number of aromatic nitrogens is 1. The number of sulfone groups is 1. The maximum Gasteiger partial charge on any atom is 0.339 e. The van der Waals surface area contributed by atoms with Crippen LogP contribution in [0.3, 0.4) is 0 Å². The lowest BCUT2D eigenvalue weighted by Crippen LogP contribution is -2.82. The Morgan fingerprint density at radius 3 is 2.56 bits per heavy atom. The molecule has 2 aromatic carbocycles. The summed E-state index contributed by atoms with van der Waals surface area (Å²) in [6.45, 7) is 3.08. The van der Waals surface area contributed by atoms with Gasteiger partial charge in [0.2, 0.25) is 0 Å². The van der Waals surface area contributed by atoms with Crippen molar-refractivity contribution in [1.82, 2.24) is 9.88 Å². The zero-order chi connectivity index (χ0) is 36.4. The molecule has 12 heteroatoms. The number of ether oxygens (including phenoxy) is 3. The van der Waals surface area contributed by atoms with Crippen LogP contribution in [-0.2, 0) is 29.8 Å². The lowest BCUT2D eigenvalue weighted by Gasteiger charge is -2.71. The topological polar surface area (TPSA) is 156 Å².